The monoisotopic (exact) mass is 825 g/mol. The Kier molecular flexibility index (Phi) is 6.95. The molecule has 3 heteroatoms. The van der Waals surface area contributed by atoms with E-state index in [2.05, 4.69) is 211 Å². The maximum atomic E-state index is 7.02. The van der Waals surface area contributed by atoms with Gasteiger partial charge in [-0.25, -0.2) is 0 Å². The second-order valence-corrected chi connectivity index (χ2v) is 17.4. The van der Waals surface area contributed by atoms with E-state index >= 15 is 0 Å². The van der Waals surface area contributed by atoms with Crippen molar-refractivity contribution in [2.75, 3.05) is 0 Å². The van der Waals surface area contributed by atoms with E-state index in [-0.39, 0.29) is 0 Å². The van der Waals surface area contributed by atoms with Crippen LogP contribution in [0.1, 0.15) is 0 Å². The number of para-hydroxylation sites is 2. The summed E-state index contributed by atoms with van der Waals surface area (Å²) in [6.45, 7) is 0. The van der Waals surface area contributed by atoms with Crippen molar-refractivity contribution in [1.82, 2.24) is 4.57 Å². The van der Waals surface area contributed by atoms with Crippen molar-refractivity contribution in [2.45, 2.75) is 0 Å². The Balaban J connectivity index is 0.985. The third-order valence-electron chi connectivity index (χ3n) is 14.1. The molecule has 0 N–H and O–H groups in total. The Bertz CT molecular complexity index is 4370. The maximum absolute atomic E-state index is 7.02. The van der Waals surface area contributed by atoms with Gasteiger partial charge in [-0.2, -0.15) is 0 Å². The summed E-state index contributed by atoms with van der Waals surface area (Å²) in [5, 5.41) is 19.1. The van der Waals surface area contributed by atoms with Crippen molar-refractivity contribution in [3.05, 3.63) is 212 Å². The second-order valence-electron chi connectivity index (χ2n) is 17.4. The molecule has 15 aromatic rings. The summed E-state index contributed by atoms with van der Waals surface area (Å²) in [5.41, 5.74) is 11.7. The van der Waals surface area contributed by atoms with E-state index in [4.69, 9.17) is 8.83 Å². The quantitative estimate of drug-likeness (QED) is 0.166. The Hall–Kier alpha value is -8.66. The lowest BCUT2D eigenvalue weighted by Gasteiger charge is -2.19. The number of benzene rings is 12. The lowest BCUT2D eigenvalue weighted by atomic mass is 9.84. The predicted octanol–water partition coefficient (Wildman–Crippen LogP) is 17.7. The third kappa shape index (κ3) is 4.74. The van der Waals surface area contributed by atoms with Crippen LogP contribution in [-0.4, -0.2) is 4.57 Å². The molecule has 0 saturated carbocycles. The summed E-state index contributed by atoms with van der Waals surface area (Å²) >= 11 is 0. The Morgan fingerprint density at radius 2 is 0.769 bits per heavy atom. The number of rotatable bonds is 3. The summed E-state index contributed by atoms with van der Waals surface area (Å²) in [7, 11) is 0. The standard InChI is InChI=1S/C62H35NO2/c1-3-15-41-36(13-1)27-32-50-58(41)59-42-16-4-2-14-37(42)28-33-51(59)63(50)40-30-25-38(26-31-40)55-43-17-5-7-19-45(43)57(46-20-8-6-18-44(46)55)49-35-39-29-34-54-60(47-21-9-11-23-52(47)64-54)56(39)61-48-22-10-12-24-53(48)65-62(49)61/h1-35H. The highest BCUT2D eigenvalue weighted by Gasteiger charge is 2.25. The van der Waals surface area contributed by atoms with E-state index in [0.717, 1.165) is 65.9 Å². The fourth-order valence-corrected chi connectivity index (χ4v) is 11.4. The van der Waals surface area contributed by atoms with Crippen molar-refractivity contribution < 1.29 is 8.83 Å². The molecule has 15 rings (SSSR count). The first kappa shape index (κ1) is 34.9. The van der Waals surface area contributed by atoms with Crippen LogP contribution in [-0.2, 0) is 0 Å². The summed E-state index contributed by atoms with van der Waals surface area (Å²) in [5.74, 6) is 0. The molecule has 0 bridgehead atoms. The molecule has 0 radical (unpaired) electrons. The number of hydrogen-bond donors (Lipinski definition) is 0. The molecule has 0 aliphatic carbocycles. The normalized spacial score (nSPS) is 12.3. The van der Waals surface area contributed by atoms with Gasteiger partial charge in [0.2, 0.25) is 0 Å². The van der Waals surface area contributed by atoms with E-state index in [0.29, 0.717) is 0 Å². The average molecular weight is 826 g/mol. The van der Waals surface area contributed by atoms with Gasteiger partial charge in [-0.15, -0.1) is 0 Å². The van der Waals surface area contributed by atoms with Crippen LogP contribution in [0.5, 0.6) is 0 Å². The molecule has 0 amide bonds. The van der Waals surface area contributed by atoms with Crippen molar-refractivity contribution >= 4 is 120 Å². The van der Waals surface area contributed by atoms with E-state index < -0.39 is 0 Å². The minimum atomic E-state index is 0.871. The van der Waals surface area contributed by atoms with Crippen LogP contribution in [0.15, 0.2) is 221 Å². The summed E-state index contributed by atoms with van der Waals surface area (Å²) in [6, 6.07) is 77.2. The highest BCUT2D eigenvalue weighted by atomic mass is 16.3. The first-order valence-electron chi connectivity index (χ1n) is 22.3. The Labute approximate surface area is 371 Å². The largest absolute Gasteiger partial charge is 0.456 e. The Morgan fingerprint density at radius 1 is 0.292 bits per heavy atom. The fourth-order valence-electron chi connectivity index (χ4n) is 11.4. The molecule has 0 aliphatic rings. The van der Waals surface area contributed by atoms with Gasteiger partial charge in [-0.05, 0) is 108 Å². The zero-order valence-corrected chi connectivity index (χ0v) is 35.0. The van der Waals surface area contributed by atoms with E-state index in [1.807, 2.05) is 6.07 Å². The van der Waals surface area contributed by atoms with Gasteiger partial charge in [0.05, 0.1) is 11.0 Å². The first-order chi connectivity index (χ1) is 32.3. The topological polar surface area (TPSA) is 31.2 Å². The molecule has 12 aromatic carbocycles. The lowest BCUT2D eigenvalue weighted by molar-refractivity contribution is 0.669. The SMILES string of the molecule is c1ccc2c(c1)ccc1c2c2c3ccccc3ccc2n1-c1ccc(-c2c3ccccc3c(-c3cc4ccc5oc6ccccc6c5c4c4c3oc3ccccc34)c3ccccc23)cc1. The van der Waals surface area contributed by atoms with Gasteiger partial charge >= 0.3 is 0 Å². The minimum Gasteiger partial charge on any atom is -0.456 e. The molecule has 65 heavy (non-hydrogen) atoms. The molecule has 300 valence electrons. The first-order valence-corrected chi connectivity index (χ1v) is 22.3. The highest BCUT2D eigenvalue weighted by Crippen LogP contribution is 2.50. The van der Waals surface area contributed by atoms with Crippen LogP contribution >= 0.6 is 0 Å². The molecule has 3 heterocycles. The fraction of sp³-hybridized carbons (Fsp3) is 0. The number of aromatic nitrogens is 1. The van der Waals surface area contributed by atoms with Crippen LogP contribution in [0.4, 0.5) is 0 Å². The zero-order valence-electron chi connectivity index (χ0n) is 35.0. The van der Waals surface area contributed by atoms with Crippen molar-refractivity contribution in [1.29, 1.82) is 0 Å². The molecule has 0 atom stereocenters. The lowest BCUT2D eigenvalue weighted by Crippen LogP contribution is -1.95. The van der Waals surface area contributed by atoms with Crippen molar-refractivity contribution in [3.63, 3.8) is 0 Å². The average Bonchev–Trinajstić information content (AvgIpc) is 4.06. The van der Waals surface area contributed by atoms with Gasteiger partial charge in [0, 0.05) is 54.5 Å². The van der Waals surface area contributed by atoms with Crippen molar-refractivity contribution in [3.8, 4) is 27.9 Å². The molecule has 0 saturated heterocycles. The molecule has 0 unspecified atom stereocenters. The molecule has 0 spiro atoms. The molecular weight excluding hydrogens is 791 g/mol. The van der Waals surface area contributed by atoms with Crippen LogP contribution < -0.4 is 0 Å². The smallest absolute Gasteiger partial charge is 0.143 e. The van der Waals surface area contributed by atoms with Crippen LogP contribution in [0.2, 0.25) is 0 Å². The molecule has 3 aromatic heterocycles. The zero-order chi connectivity index (χ0) is 42.3. The summed E-state index contributed by atoms with van der Waals surface area (Å²) in [6.07, 6.45) is 0. The van der Waals surface area contributed by atoms with E-state index in [9.17, 15) is 0 Å². The van der Waals surface area contributed by atoms with E-state index in [1.165, 1.54) is 81.6 Å². The van der Waals surface area contributed by atoms with Crippen LogP contribution in [0, 0.1) is 0 Å². The van der Waals surface area contributed by atoms with Crippen LogP contribution in [0.3, 0.4) is 0 Å². The van der Waals surface area contributed by atoms with Gasteiger partial charge in [0.15, 0.2) is 0 Å². The minimum absolute atomic E-state index is 0.871. The van der Waals surface area contributed by atoms with Crippen LogP contribution in [0.25, 0.3) is 147 Å². The summed E-state index contributed by atoms with van der Waals surface area (Å²) in [4.78, 5) is 0. The van der Waals surface area contributed by atoms with Gasteiger partial charge < -0.3 is 13.4 Å². The third-order valence-corrected chi connectivity index (χ3v) is 14.1. The summed E-state index contributed by atoms with van der Waals surface area (Å²) < 4.78 is 15.9. The van der Waals surface area contributed by atoms with E-state index in [1.54, 1.807) is 0 Å². The van der Waals surface area contributed by atoms with Gasteiger partial charge in [0.25, 0.3) is 0 Å². The molecule has 0 aliphatic heterocycles. The van der Waals surface area contributed by atoms with Gasteiger partial charge in [-0.3, -0.25) is 0 Å². The number of hydrogen-bond acceptors (Lipinski definition) is 2. The van der Waals surface area contributed by atoms with Crippen molar-refractivity contribution in [2.24, 2.45) is 0 Å². The molecule has 3 nitrogen and oxygen atoms in total. The number of fused-ring (bicyclic) bond motifs is 18. The maximum Gasteiger partial charge on any atom is 0.143 e. The second kappa shape index (κ2) is 12.9. The van der Waals surface area contributed by atoms with Gasteiger partial charge in [-0.1, -0.05) is 164 Å². The number of nitrogens with zero attached hydrogens (tertiary/aromatic N) is 1. The molecular formula is C62H35NO2. The highest BCUT2D eigenvalue weighted by molar-refractivity contribution is 6.35. The molecule has 0 fully saturated rings. The Morgan fingerprint density at radius 3 is 1.37 bits per heavy atom. The number of furan rings is 2. The van der Waals surface area contributed by atoms with Gasteiger partial charge in [0.1, 0.15) is 22.3 Å². The predicted molar refractivity (Wildman–Crippen MR) is 274 cm³/mol.